The highest BCUT2D eigenvalue weighted by Gasteiger charge is 2.32. The minimum absolute atomic E-state index is 0.0238. The largest absolute Gasteiger partial charge is 0.442 e. The summed E-state index contributed by atoms with van der Waals surface area (Å²) in [5, 5.41) is 5.59. The maximum absolute atomic E-state index is 11.7. The summed E-state index contributed by atoms with van der Waals surface area (Å²) in [4.78, 5) is 26.9. The van der Waals surface area contributed by atoms with E-state index in [1.54, 1.807) is 4.90 Å². The van der Waals surface area contributed by atoms with E-state index in [1.165, 1.54) is 11.3 Å². The van der Waals surface area contributed by atoms with Crippen molar-refractivity contribution in [3.63, 3.8) is 0 Å². The van der Waals surface area contributed by atoms with Gasteiger partial charge in [-0.15, -0.1) is 11.3 Å². The van der Waals surface area contributed by atoms with Crippen molar-refractivity contribution >= 4 is 28.3 Å². The number of ether oxygens (including phenoxy) is 1. The molecule has 2 rings (SSSR count). The van der Waals surface area contributed by atoms with Crippen LogP contribution < -0.4 is 10.2 Å². The van der Waals surface area contributed by atoms with E-state index in [0.29, 0.717) is 26.1 Å². The molecular weight excluding hydrogens is 278 g/mol. The number of rotatable bonds is 6. The smallest absolute Gasteiger partial charge is 0.415 e. The van der Waals surface area contributed by atoms with E-state index < -0.39 is 0 Å². The van der Waals surface area contributed by atoms with Crippen molar-refractivity contribution in [2.45, 2.75) is 12.5 Å². The molecule has 0 radical (unpaired) electrons. The maximum Gasteiger partial charge on any atom is 0.415 e. The summed E-state index contributed by atoms with van der Waals surface area (Å²) in [7, 11) is 3.84. The maximum atomic E-state index is 11.7. The Kier molecular flexibility index (Phi) is 4.97. The van der Waals surface area contributed by atoms with Crippen LogP contribution in [0.3, 0.4) is 0 Å². The number of hydrogen-bond donors (Lipinski definition) is 1. The Morgan fingerprint density at radius 3 is 3.05 bits per heavy atom. The van der Waals surface area contributed by atoms with Crippen molar-refractivity contribution in [2.75, 3.05) is 38.6 Å². The van der Waals surface area contributed by atoms with Gasteiger partial charge in [0.15, 0.2) is 0 Å². The molecule has 20 heavy (non-hydrogen) atoms. The van der Waals surface area contributed by atoms with Gasteiger partial charge < -0.3 is 15.0 Å². The zero-order chi connectivity index (χ0) is 14.5. The van der Waals surface area contributed by atoms with Crippen LogP contribution >= 0.6 is 11.3 Å². The lowest BCUT2D eigenvalue weighted by Crippen LogP contribution is -2.35. The topological polar surface area (TPSA) is 61.9 Å². The molecule has 0 aliphatic carbocycles. The third-order valence-corrected chi connectivity index (χ3v) is 3.85. The minimum Gasteiger partial charge on any atom is -0.442 e. The molecule has 6 nitrogen and oxygen atoms in total. The van der Waals surface area contributed by atoms with Crippen LogP contribution in [0.25, 0.3) is 0 Å². The second-order valence-electron chi connectivity index (χ2n) is 4.93. The van der Waals surface area contributed by atoms with Crippen molar-refractivity contribution in [1.82, 2.24) is 10.2 Å². The van der Waals surface area contributed by atoms with Gasteiger partial charge in [0.25, 0.3) is 0 Å². The molecule has 1 aromatic rings. The summed E-state index contributed by atoms with van der Waals surface area (Å²) in [5.41, 5.74) is 0. The fourth-order valence-corrected chi connectivity index (χ4v) is 2.60. The Hall–Kier alpha value is -1.60. The van der Waals surface area contributed by atoms with Gasteiger partial charge >= 0.3 is 6.09 Å². The van der Waals surface area contributed by atoms with Crippen molar-refractivity contribution in [3.8, 4) is 0 Å². The van der Waals surface area contributed by atoms with Crippen LogP contribution in [0, 0.1) is 0 Å². The van der Waals surface area contributed by atoms with Gasteiger partial charge in [0, 0.05) is 13.0 Å². The predicted molar refractivity (Wildman–Crippen MR) is 78.1 cm³/mol. The van der Waals surface area contributed by atoms with E-state index in [-0.39, 0.29) is 18.1 Å². The van der Waals surface area contributed by atoms with Gasteiger partial charge in [0.05, 0.1) is 13.1 Å². The van der Waals surface area contributed by atoms with Gasteiger partial charge in [0.1, 0.15) is 11.1 Å². The zero-order valence-corrected chi connectivity index (χ0v) is 12.5. The molecule has 1 N–H and O–H groups in total. The Balaban J connectivity index is 1.76. The molecule has 0 spiro atoms. The van der Waals surface area contributed by atoms with Gasteiger partial charge in [0.2, 0.25) is 5.91 Å². The summed E-state index contributed by atoms with van der Waals surface area (Å²) in [6.45, 7) is 1.55. The highest BCUT2D eigenvalue weighted by molar-refractivity contribution is 7.14. The number of thiophene rings is 1. The van der Waals surface area contributed by atoms with E-state index in [4.69, 9.17) is 4.74 Å². The van der Waals surface area contributed by atoms with E-state index in [2.05, 4.69) is 5.32 Å². The van der Waals surface area contributed by atoms with Crippen LogP contribution in [0.4, 0.5) is 9.80 Å². The van der Waals surface area contributed by atoms with Crippen LogP contribution in [-0.2, 0) is 9.53 Å². The average Bonchev–Trinajstić information content (AvgIpc) is 3.02. The molecule has 0 aromatic carbocycles. The number of carbonyl (C=O) groups is 2. The first kappa shape index (κ1) is 14.8. The Bertz CT molecular complexity index is 461. The van der Waals surface area contributed by atoms with Crippen molar-refractivity contribution in [2.24, 2.45) is 0 Å². The van der Waals surface area contributed by atoms with E-state index in [1.807, 2.05) is 36.5 Å². The molecule has 1 unspecified atom stereocenters. The van der Waals surface area contributed by atoms with Crippen molar-refractivity contribution in [1.29, 1.82) is 0 Å². The third kappa shape index (κ3) is 3.94. The number of anilines is 1. The summed E-state index contributed by atoms with van der Waals surface area (Å²) in [6, 6.07) is 3.77. The van der Waals surface area contributed by atoms with E-state index in [9.17, 15) is 9.59 Å². The van der Waals surface area contributed by atoms with Gasteiger partial charge in [-0.05, 0) is 31.6 Å². The molecule has 2 amide bonds. The molecule has 1 aromatic heterocycles. The molecule has 2 heterocycles. The quantitative estimate of drug-likeness (QED) is 0.855. The van der Waals surface area contributed by atoms with Crippen molar-refractivity contribution < 1.29 is 14.3 Å². The average molecular weight is 297 g/mol. The molecule has 0 bridgehead atoms. The first-order chi connectivity index (χ1) is 9.56. The van der Waals surface area contributed by atoms with Gasteiger partial charge in [-0.2, -0.15) is 0 Å². The van der Waals surface area contributed by atoms with Crippen molar-refractivity contribution in [3.05, 3.63) is 17.5 Å². The first-order valence-corrected chi connectivity index (χ1v) is 7.37. The number of cyclic esters (lactones) is 1. The Labute approximate surface area is 122 Å². The van der Waals surface area contributed by atoms with Crippen LogP contribution in [0.5, 0.6) is 0 Å². The number of amides is 2. The molecule has 1 fully saturated rings. The van der Waals surface area contributed by atoms with E-state index >= 15 is 0 Å². The fraction of sp³-hybridized carbons (Fsp3) is 0.538. The second-order valence-corrected chi connectivity index (χ2v) is 5.85. The molecule has 1 saturated heterocycles. The molecular formula is C13H19N3O3S. The number of hydrogen-bond acceptors (Lipinski definition) is 5. The molecule has 7 heteroatoms. The molecule has 1 aliphatic heterocycles. The first-order valence-electron chi connectivity index (χ1n) is 6.49. The normalized spacial score (nSPS) is 18.4. The summed E-state index contributed by atoms with van der Waals surface area (Å²) < 4.78 is 5.24. The molecule has 0 saturated carbocycles. The predicted octanol–water partition coefficient (Wildman–Crippen LogP) is 1.14. The fourth-order valence-electron chi connectivity index (χ4n) is 1.87. The number of nitrogens with one attached hydrogen (secondary N) is 1. The van der Waals surface area contributed by atoms with Crippen LogP contribution in [0.2, 0.25) is 0 Å². The van der Waals surface area contributed by atoms with Crippen LogP contribution in [-0.4, -0.2) is 56.7 Å². The lowest BCUT2D eigenvalue weighted by Gasteiger charge is -2.12. The molecule has 110 valence electrons. The molecule has 1 atom stereocenters. The lowest BCUT2D eigenvalue weighted by molar-refractivity contribution is -0.121. The number of nitrogens with zero attached hydrogens (tertiary/aromatic N) is 2. The summed E-state index contributed by atoms with van der Waals surface area (Å²) in [5.74, 6) is -0.0238. The highest BCUT2D eigenvalue weighted by Crippen LogP contribution is 2.25. The second kappa shape index (κ2) is 6.71. The Morgan fingerprint density at radius 1 is 1.60 bits per heavy atom. The SMILES string of the molecule is CN(C)CCC(=O)NCC1CN(c2cccs2)C(=O)O1. The third-order valence-electron chi connectivity index (χ3n) is 2.96. The van der Waals surface area contributed by atoms with E-state index in [0.717, 1.165) is 5.00 Å². The number of carbonyl (C=O) groups excluding carboxylic acids is 2. The zero-order valence-electron chi connectivity index (χ0n) is 11.7. The van der Waals surface area contributed by atoms with Crippen LogP contribution in [0.15, 0.2) is 17.5 Å². The van der Waals surface area contributed by atoms with Gasteiger partial charge in [-0.25, -0.2) is 4.79 Å². The molecule has 1 aliphatic rings. The monoisotopic (exact) mass is 297 g/mol. The van der Waals surface area contributed by atoms with Gasteiger partial charge in [-0.1, -0.05) is 0 Å². The Morgan fingerprint density at radius 2 is 2.40 bits per heavy atom. The van der Waals surface area contributed by atoms with Gasteiger partial charge in [-0.3, -0.25) is 9.69 Å². The lowest BCUT2D eigenvalue weighted by atomic mass is 10.3. The minimum atomic E-state index is -0.347. The summed E-state index contributed by atoms with van der Waals surface area (Å²) >= 11 is 1.49. The van der Waals surface area contributed by atoms with Crippen LogP contribution in [0.1, 0.15) is 6.42 Å². The highest BCUT2D eigenvalue weighted by atomic mass is 32.1. The standard InChI is InChI=1S/C13H19N3O3S/c1-15(2)6-5-11(17)14-8-10-9-16(13(18)19-10)12-4-3-7-20-12/h3-4,7,10H,5-6,8-9H2,1-2H3,(H,14,17). The summed E-state index contributed by atoms with van der Waals surface area (Å²) in [6.07, 6.45) is -0.185.